The predicted octanol–water partition coefficient (Wildman–Crippen LogP) is 4.71. The Balaban J connectivity index is 1.51. The molecule has 1 heterocycles. The molecular weight excluding hydrogens is 533 g/mol. The molecule has 1 aliphatic rings. The zero-order valence-corrected chi connectivity index (χ0v) is 21.5. The molecule has 1 fully saturated rings. The molecule has 0 aromatic heterocycles. The number of sulfone groups is 1. The van der Waals surface area contributed by atoms with Gasteiger partial charge in [-0.25, -0.2) is 8.42 Å². The van der Waals surface area contributed by atoms with Gasteiger partial charge >= 0.3 is 6.18 Å². The maximum absolute atomic E-state index is 13.0. The van der Waals surface area contributed by atoms with Crippen molar-refractivity contribution in [3.8, 4) is 5.75 Å². The number of nitrogens with one attached hydrogen (secondary N) is 1. The predicted molar refractivity (Wildman–Crippen MR) is 132 cm³/mol. The first-order valence-electron chi connectivity index (χ1n) is 11.4. The van der Waals surface area contributed by atoms with Crippen LogP contribution >= 0.6 is 11.6 Å². The fourth-order valence-corrected chi connectivity index (χ4v) is 5.16. The minimum Gasteiger partial charge on any atom is -0.496 e. The summed E-state index contributed by atoms with van der Waals surface area (Å²) in [7, 11) is -2.47. The molecule has 0 aliphatic carbocycles. The highest BCUT2D eigenvalue weighted by Crippen LogP contribution is 2.30. The van der Waals surface area contributed by atoms with Crippen molar-refractivity contribution in [2.45, 2.75) is 30.3 Å². The minimum absolute atomic E-state index is 0.157. The van der Waals surface area contributed by atoms with Gasteiger partial charge in [0.2, 0.25) is 5.91 Å². The Bertz CT molecular complexity index is 1260. The molecule has 2 aromatic carbocycles. The minimum atomic E-state index is -4.55. The van der Waals surface area contributed by atoms with Crippen LogP contribution in [0.2, 0.25) is 5.02 Å². The Hall–Kier alpha value is -3.05. The summed E-state index contributed by atoms with van der Waals surface area (Å²) < 4.78 is 67.9. The number of methoxy groups -OCH3 is 1. The molecule has 0 bridgehead atoms. The lowest BCUT2D eigenvalue weighted by Crippen LogP contribution is -2.45. The third-order valence-electron chi connectivity index (χ3n) is 5.87. The average Bonchev–Trinajstić information content (AvgIpc) is 2.87. The van der Waals surface area contributed by atoms with Crippen molar-refractivity contribution >= 4 is 33.3 Å². The maximum atomic E-state index is 13.0. The summed E-state index contributed by atoms with van der Waals surface area (Å²) >= 11 is 6.03. The van der Waals surface area contributed by atoms with Crippen LogP contribution in [0.25, 0.3) is 0 Å². The number of carbonyl (C=O) groups is 2. The molecule has 2 amide bonds. The lowest BCUT2D eigenvalue weighted by Gasteiger charge is -2.32. The Morgan fingerprint density at radius 1 is 1.19 bits per heavy atom. The molecule has 1 aliphatic heterocycles. The van der Waals surface area contributed by atoms with Crippen LogP contribution in [0.1, 0.15) is 35.2 Å². The second kappa shape index (κ2) is 12.0. The Morgan fingerprint density at radius 2 is 1.89 bits per heavy atom. The zero-order valence-electron chi connectivity index (χ0n) is 19.9. The van der Waals surface area contributed by atoms with E-state index in [-0.39, 0.29) is 36.2 Å². The van der Waals surface area contributed by atoms with Crippen LogP contribution in [-0.2, 0) is 20.8 Å². The molecule has 0 spiro atoms. The van der Waals surface area contributed by atoms with Gasteiger partial charge in [-0.3, -0.25) is 9.59 Å². The quantitative estimate of drug-likeness (QED) is 0.474. The zero-order chi connectivity index (χ0) is 27.2. The third-order valence-corrected chi connectivity index (χ3v) is 7.58. The number of nitrogens with zero attached hydrogens (tertiary/aromatic N) is 1. The largest absolute Gasteiger partial charge is 0.496 e. The summed E-state index contributed by atoms with van der Waals surface area (Å²) in [4.78, 5) is 27.0. The van der Waals surface area contributed by atoms with Crippen LogP contribution in [0.5, 0.6) is 5.75 Å². The summed E-state index contributed by atoms with van der Waals surface area (Å²) in [5.74, 6) is -0.579. The molecule has 1 saturated heterocycles. The fourth-order valence-electron chi connectivity index (χ4n) is 3.92. The Morgan fingerprint density at radius 3 is 2.54 bits per heavy atom. The number of ether oxygens (including phenoxy) is 1. The normalized spacial score (nSPS) is 16.6. The highest BCUT2D eigenvalue weighted by molar-refractivity contribution is 7.94. The lowest BCUT2D eigenvalue weighted by atomic mass is 9.96. The number of carbonyl (C=O) groups excluding carboxylic acids is 2. The topological polar surface area (TPSA) is 92.8 Å². The maximum Gasteiger partial charge on any atom is 0.416 e. The van der Waals surface area contributed by atoms with E-state index in [1.807, 2.05) is 0 Å². The molecule has 0 saturated carbocycles. The summed E-state index contributed by atoms with van der Waals surface area (Å²) in [6, 6.07) is 7.97. The summed E-state index contributed by atoms with van der Waals surface area (Å²) in [6.07, 6.45) is -1.80. The van der Waals surface area contributed by atoms with E-state index in [4.69, 9.17) is 16.3 Å². The van der Waals surface area contributed by atoms with Gasteiger partial charge in [-0.1, -0.05) is 17.7 Å². The number of amides is 2. The average molecular weight is 559 g/mol. The second-order valence-electron chi connectivity index (χ2n) is 8.45. The van der Waals surface area contributed by atoms with Crippen LogP contribution in [0, 0.1) is 5.92 Å². The molecule has 1 atom stereocenters. The fraction of sp³-hybridized carbons (Fsp3) is 0.360. The van der Waals surface area contributed by atoms with Gasteiger partial charge in [0.15, 0.2) is 9.84 Å². The van der Waals surface area contributed by atoms with E-state index in [2.05, 4.69) is 5.32 Å². The first kappa shape index (κ1) is 28.5. The van der Waals surface area contributed by atoms with E-state index >= 15 is 0 Å². The summed E-state index contributed by atoms with van der Waals surface area (Å²) in [5, 5.41) is 4.04. The molecule has 0 unspecified atom stereocenters. The van der Waals surface area contributed by atoms with E-state index in [9.17, 15) is 31.2 Å². The van der Waals surface area contributed by atoms with Crippen molar-refractivity contribution in [1.82, 2.24) is 10.2 Å². The van der Waals surface area contributed by atoms with Gasteiger partial charge in [-0.2, -0.15) is 13.2 Å². The highest BCUT2D eigenvalue weighted by Gasteiger charge is 2.31. The highest BCUT2D eigenvalue weighted by atomic mass is 35.5. The van der Waals surface area contributed by atoms with Crippen molar-refractivity contribution in [3.05, 3.63) is 70.1 Å². The van der Waals surface area contributed by atoms with Crippen molar-refractivity contribution in [2.75, 3.05) is 26.7 Å². The molecule has 12 heteroatoms. The number of likely N-dealkylation sites (tertiary alicyclic amines) is 1. The standard InChI is InChI=1S/C25H26ClF3N2O5S/c1-36-22-11-8-19(26)15-21(22)24(33)31-13-4-5-17(16-31)23(32)30-12-2-3-14-37(34,35)20-9-6-18(7-10-20)25(27,28)29/h3,6-11,14-15,17H,2,4-5,12-13,16H2,1H3,(H,30,32)/t17-/m0/s1. The van der Waals surface area contributed by atoms with Gasteiger partial charge in [0.1, 0.15) is 5.75 Å². The van der Waals surface area contributed by atoms with Crippen molar-refractivity contribution < 1.29 is 35.9 Å². The van der Waals surface area contributed by atoms with Crippen molar-refractivity contribution in [2.24, 2.45) is 5.92 Å². The Labute approximate surface area is 218 Å². The number of rotatable bonds is 8. The smallest absolute Gasteiger partial charge is 0.416 e. The summed E-state index contributed by atoms with van der Waals surface area (Å²) in [6.45, 7) is 0.867. The monoisotopic (exact) mass is 558 g/mol. The molecule has 37 heavy (non-hydrogen) atoms. The van der Waals surface area contributed by atoms with Gasteiger partial charge in [0.25, 0.3) is 5.91 Å². The van der Waals surface area contributed by atoms with Crippen molar-refractivity contribution in [1.29, 1.82) is 0 Å². The SMILES string of the molecule is COc1ccc(Cl)cc1C(=O)N1CCC[C@H](C(=O)NCCC=CS(=O)(=O)c2ccc(C(F)(F)F)cc2)C1. The van der Waals surface area contributed by atoms with Gasteiger partial charge in [0.05, 0.1) is 29.1 Å². The lowest BCUT2D eigenvalue weighted by molar-refractivity contribution is -0.137. The van der Waals surface area contributed by atoms with Crippen LogP contribution in [0.15, 0.2) is 58.8 Å². The third kappa shape index (κ3) is 7.48. The van der Waals surface area contributed by atoms with E-state index < -0.39 is 27.5 Å². The first-order valence-corrected chi connectivity index (χ1v) is 13.3. The number of hydrogen-bond acceptors (Lipinski definition) is 5. The first-order chi connectivity index (χ1) is 17.4. The Kier molecular flexibility index (Phi) is 9.25. The van der Waals surface area contributed by atoms with E-state index in [0.29, 0.717) is 47.9 Å². The van der Waals surface area contributed by atoms with E-state index in [1.54, 1.807) is 17.0 Å². The van der Waals surface area contributed by atoms with E-state index in [1.165, 1.54) is 19.3 Å². The van der Waals surface area contributed by atoms with Gasteiger partial charge in [-0.05, 0) is 61.7 Å². The number of piperidine rings is 1. The number of benzene rings is 2. The van der Waals surface area contributed by atoms with Crippen LogP contribution in [0.3, 0.4) is 0 Å². The molecule has 2 aromatic rings. The number of hydrogen-bond donors (Lipinski definition) is 1. The molecule has 0 radical (unpaired) electrons. The molecule has 7 nitrogen and oxygen atoms in total. The molecule has 3 rings (SSSR count). The molecule has 200 valence electrons. The molecule has 1 N–H and O–H groups in total. The van der Waals surface area contributed by atoms with E-state index in [0.717, 1.165) is 17.5 Å². The number of alkyl halides is 3. The number of halogens is 4. The van der Waals surface area contributed by atoms with Gasteiger partial charge < -0.3 is 15.0 Å². The van der Waals surface area contributed by atoms with Crippen molar-refractivity contribution in [3.63, 3.8) is 0 Å². The summed E-state index contributed by atoms with van der Waals surface area (Å²) in [5.41, 5.74) is -0.622. The van der Waals surface area contributed by atoms with Crippen LogP contribution in [0.4, 0.5) is 13.2 Å². The molecular formula is C25H26ClF3N2O5S. The second-order valence-corrected chi connectivity index (χ2v) is 10.7. The van der Waals surface area contributed by atoms with Gasteiger partial charge in [-0.15, -0.1) is 0 Å². The van der Waals surface area contributed by atoms with Gasteiger partial charge in [0, 0.05) is 30.1 Å². The van der Waals surface area contributed by atoms with Crippen LogP contribution < -0.4 is 10.1 Å². The van der Waals surface area contributed by atoms with Crippen LogP contribution in [-0.4, -0.2) is 51.9 Å².